The van der Waals surface area contributed by atoms with Gasteiger partial charge in [-0.15, -0.1) is 0 Å². The quantitative estimate of drug-likeness (QED) is 0.658. The van der Waals surface area contributed by atoms with Crippen LogP contribution in [0.25, 0.3) is 0 Å². The molecule has 3 fully saturated rings. The van der Waals surface area contributed by atoms with Crippen molar-refractivity contribution >= 4 is 5.90 Å². The fraction of sp³-hybridized carbons (Fsp3) is 0.600. The molecule has 5 atom stereocenters. The lowest BCUT2D eigenvalue weighted by Crippen LogP contribution is -2.61. The second-order valence-electron chi connectivity index (χ2n) is 9.12. The Balaban J connectivity index is 2.00. The van der Waals surface area contributed by atoms with Crippen molar-refractivity contribution in [3.63, 3.8) is 0 Å². The van der Waals surface area contributed by atoms with Gasteiger partial charge >= 0.3 is 0 Å². The number of nitrogens with zero attached hydrogens (tertiary/aromatic N) is 3. The molecule has 4 rings (SSSR count). The Morgan fingerprint density at radius 2 is 1.71 bits per heavy atom. The molecule has 1 aromatic rings. The number of benzene rings is 1. The lowest BCUT2D eigenvalue weighted by molar-refractivity contribution is -0.299. The van der Waals surface area contributed by atoms with Gasteiger partial charge in [0.1, 0.15) is 23.4 Å². The van der Waals surface area contributed by atoms with E-state index in [-0.39, 0.29) is 17.4 Å². The number of ether oxygens (including phenoxy) is 5. The van der Waals surface area contributed by atoms with E-state index in [1.807, 2.05) is 0 Å². The van der Waals surface area contributed by atoms with Crippen LogP contribution in [0.4, 0.5) is 0 Å². The third kappa shape index (κ3) is 2.82. The summed E-state index contributed by atoms with van der Waals surface area (Å²) in [5, 5.41) is 40.4. The summed E-state index contributed by atoms with van der Waals surface area (Å²) >= 11 is 0. The summed E-state index contributed by atoms with van der Waals surface area (Å²) in [4.78, 5) is 0. The normalized spacial score (nSPS) is 32.9. The van der Waals surface area contributed by atoms with Crippen LogP contribution in [0.2, 0.25) is 0 Å². The molecule has 2 saturated heterocycles. The van der Waals surface area contributed by atoms with E-state index in [1.54, 1.807) is 12.1 Å². The fourth-order valence-electron chi connectivity index (χ4n) is 6.14. The molecule has 3 aliphatic rings. The third-order valence-corrected chi connectivity index (χ3v) is 7.73. The van der Waals surface area contributed by atoms with E-state index >= 15 is 0 Å². The van der Waals surface area contributed by atoms with E-state index in [1.165, 1.54) is 21.3 Å². The van der Waals surface area contributed by atoms with Gasteiger partial charge in [-0.2, -0.15) is 15.8 Å². The number of nitrogens with one attached hydrogen (secondary N) is 1. The molecular formula is C25H28N4O5. The van der Waals surface area contributed by atoms with Crippen LogP contribution in [-0.4, -0.2) is 33.0 Å². The van der Waals surface area contributed by atoms with E-state index in [2.05, 4.69) is 25.1 Å². The van der Waals surface area contributed by atoms with E-state index in [0.717, 1.165) is 19.3 Å². The molecular weight excluding hydrogens is 436 g/mol. The molecule has 2 bridgehead atoms. The minimum absolute atomic E-state index is 0.282. The van der Waals surface area contributed by atoms with Crippen LogP contribution >= 0.6 is 0 Å². The molecule has 5 unspecified atom stereocenters. The predicted octanol–water partition coefficient (Wildman–Crippen LogP) is 4.25. The summed E-state index contributed by atoms with van der Waals surface area (Å²) in [6.07, 6.45) is 2.47. The van der Waals surface area contributed by atoms with Crippen LogP contribution < -0.4 is 14.2 Å². The van der Waals surface area contributed by atoms with Crippen LogP contribution in [0.15, 0.2) is 12.1 Å². The first-order valence-electron chi connectivity index (χ1n) is 11.4. The van der Waals surface area contributed by atoms with Gasteiger partial charge in [-0.3, -0.25) is 5.41 Å². The largest absolute Gasteiger partial charge is 0.496 e. The maximum Gasteiger partial charge on any atom is 0.217 e. The summed E-state index contributed by atoms with van der Waals surface area (Å²) in [6.45, 7) is 2.10. The zero-order valence-electron chi connectivity index (χ0n) is 19.8. The molecule has 2 heterocycles. The van der Waals surface area contributed by atoms with Gasteiger partial charge in [0, 0.05) is 18.6 Å². The van der Waals surface area contributed by atoms with Gasteiger partial charge in [0.25, 0.3) is 0 Å². The van der Waals surface area contributed by atoms with Crippen molar-refractivity contribution in [3.05, 3.63) is 17.7 Å². The maximum atomic E-state index is 10.6. The molecule has 9 heteroatoms. The van der Waals surface area contributed by atoms with Crippen molar-refractivity contribution in [2.75, 3.05) is 21.3 Å². The highest BCUT2D eigenvalue weighted by molar-refractivity contribution is 5.89. The summed E-state index contributed by atoms with van der Waals surface area (Å²) in [5.41, 5.74) is -3.57. The number of hydrogen-bond acceptors (Lipinski definition) is 9. The molecule has 9 nitrogen and oxygen atoms in total. The van der Waals surface area contributed by atoms with Gasteiger partial charge in [0.15, 0.2) is 5.41 Å². The Morgan fingerprint density at radius 1 is 1.06 bits per heavy atom. The van der Waals surface area contributed by atoms with E-state index < -0.39 is 28.6 Å². The predicted molar refractivity (Wildman–Crippen MR) is 119 cm³/mol. The van der Waals surface area contributed by atoms with Gasteiger partial charge in [-0.25, -0.2) is 0 Å². The Bertz CT molecular complexity index is 1090. The van der Waals surface area contributed by atoms with E-state index in [0.29, 0.717) is 30.1 Å². The summed E-state index contributed by atoms with van der Waals surface area (Å²) in [7, 11) is 4.40. The van der Waals surface area contributed by atoms with Crippen molar-refractivity contribution in [1.82, 2.24) is 0 Å². The van der Waals surface area contributed by atoms with Crippen molar-refractivity contribution in [2.24, 2.45) is 22.7 Å². The first-order chi connectivity index (χ1) is 16.4. The Kier molecular flexibility index (Phi) is 5.84. The minimum atomic E-state index is -2.08. The molecule has 0 radical (unpaired) electrons. The highest BCUT2D eigenvalue weighted by atomic mass is 16.7. The average Bonchev–Trinajstić information content (AvgIpc) is 3.06. The highest BCUT2D eigenvalue weighted by Crippen LogP contribution is 2.71. The van der Waals surface area contributed by atoms with Crippen LogP contribution in [0.1, 0.15) is 50.7 Å². The van der Waals surface area contributed by atoms with Gasteiger partial charge in [-0.1, -0.05) is 19.8 Å². The van der Waals surface area contributed by atoms with Crippen LogP contribution in [0.5, 0.6) is 17.2 Å². The first-order valence-corrected chi connectivity index (χ1v) is 11.4. The van der Waals surface area contributed by atoms with Crippen molar-refractivity contribution < 1.29 is 23.7 Å². The van der Waals surface area contributed by atoms with Crippen LogP contribution in [0.3, 0.4) is 0 Å². The second-order valence-corrected chi connectivity index (χ2v) is 9.12. The zero-order valence-corrected chi connectivity index (χ0v) is 19.8. The molecule has 1 saturated carbocycles. The molecule has 1 N–H and O–H groups in total. The standard InChI is InChI=1S/C25H28N4O5/c1-5-6-15-7-8-25-19(9-15)24(14-28,22(29)34-25)23(12-26,13-27)21(33-25)20-17(31-3)10-16(30-2)11-18(20)32-4/h10-11,15,19,21,29H,5-9H2,1-4H3. The molecule has 0 spiro atoms. The summed E-state index contributed by atoms with van der Waals surface area (Å²) in [5.74, 6) is -0.969. The number of nitriles is 3. The molecule has 1 aromatic carbocycles. The zero-order chi connectivity index (χ0) is 24.7. The minimum Gasteiger partial charge on any atom is -0.496 e. The van der Waals surface area contributed by atoms with Gasteiger partial charge < -0.3 is 23.7 Å². The Labute approximate surface area is 199 Å². The van der Waals surface area contributed by atoms with Crippen LogP contribution in [-0.2, 0) is 9.47 Å². The second kappa shape index (κ2) is 8.38. The Hall–Kier alpha value is -3.48. The van der Waals surface area contributed by atoms with Crippen molar-refractivity contribution in [3.8, 4) is 35.5 Å². The molecule has 0 aromatic heterocycles. The van der Waals surface area contributed by atoms with Crippen LogP contribution in [0, 0.1) is 62.1 Å². The van der Waals surface area contributed by atoms with E-state index in [4.69, 9.17) is 29.1 Å². The molecule has 178 valence electrons. The summed E-state index contributed by atoms with van der Waals surface area (Å²) in [6, 6.07) is 9.64. The summed E-state index contributed by atoms with van der Waals surface area (Å²) < 4.78 is 29.1. The Morgan fingerprint density at radius 3 is 2.21 bits per heavy atom. The fourth-order valence-corrected chi connectivity index (χ4v) is 6.14. The van der Waals surface area contributed by atoms with Gasteiger partial charge in [0.05, 0.1) is 51.0 Å². The topological polar surface area (TPSA) is 141 Å². The molecule has 2 aliphatic heterocycles. The average molecular weight is 465 g/mol. The van der Waals surface area contributed by atoms with Gasteiger partial charge in [0.2, 0.25) is 17.1 Å². The number of hydrogen-bond donors (Lipinski definition) is 1. The molecule has 1 aliphatic carbocycles. The lowest BCUT2D eigenvalue weighted by Gasteiger charge is -2.53. The van der Waals surface area contributed by atoms with Gasteiger partial charge in [-0.05, 0) is 18.8 Å². The van der Waals surface area contributed by atoms with Crippen molar-refractivity contribution in [1.29, 1.82) is 21.2 Å². The molecule has 0 amide bonds. The smallest absolute Gasteiger partial charge is 0.217 e. The van der Waals surface area contributed by atoms with Crippen molar-refractivity contribution in [2.45, 2.75) is 50.9 Å². The number of rotatable bonds is 6. The van der Waals surface area contributed by atoms with E-state index in [9.17, 15) is 15.8 Å². The number of methoxy groups -OCH3 is 3. The lowest BCUT2D eigenvalue weighted by atomic mass is 9.50. The first kappa shape index (κ1) is 23.7. The third-order valence-electron chi connectivity index (χ3n) is 7.73. The highest BCUT2D eigenvalue weighted by Gasteiger charge is 2.81. The molecule has 34 heavy (non-hydrogen) atoms. The monoisotopic (exact) mass is 464 g/mol. The SMILES string of the molecule is CCCC1CCC23OC(=N)C(C#N)(C2C1)C(C#N)(C#N)C(c1c(OC)cc(OC)cc1OC)O3. The maximum absolute atomic E-state index is 10.6.